The number of nitrogens with one attached hydrogen (secondary N) is 3. The zero-order chi connectivity index (χ0) is 31.8. The molecule has 0 bridgehead atoms. The first-order valence-electron chi connectivity index (χ1n) is 14.0. The highest BCUT2D eigenvalue weighted by molar-refractivity contribution is 8.00. The van der Waals surface area contributed by atoms with E-state index in [1.54, 1.807) is 79.9 Å². The molecule has 4 aromatic carbocycles. The molecular weight excluding hydrogens is 628 g/mol. The molecular formula is C34H29ClN4O4S2. The maximum absolute atomic E-state index is 13.5. The van der Waals surface area contributed by atoms with Crippen LogP contribution < -0.4 is 20.7 Å². The summed E-state index contributed by atoms with van der Waals surface area (Å²) in [6.07, 6.45) is 2.14. The second-order valence-corrected chi connectivity index (χ2v) is 12.5. The number of carbonyl (C=O) groups is 3. The van der Waals surface area contributed by atoms with Gasteiger partial charge in [-0.25, -0.2) is 4.98 Å². The number of thioether (sulfide) groups is 1. The number of halogens is 1. The van der Waals surface area contributed by atoms with Gasteiger partial charge < -0.3 is 20.7 Å². The topological polar surface area (TPSA) is 109 Å². The van der Waals surface area contributed by atoms with Crippen LogP contribution in [0.15, 0.2) is 108 Å². The van der Waals surface area contributed by atoms with Crippen LogP contribution in [0.4, 0.5) is 10.8 Å². The molecule has 0 aliphatic rings. The van der Waals surface area contributed by atoms with E-state index in [1.807, 2.05) is 37.3 Å². The lowest BCUT2D eigenvalue weighted by molar-refractivity contribution is -0.116. The molecule has 0 saturated carbocycles. The van der Waals surface area contributed by atoms with Crippen LogP contribution in [0.3, 0.4) is 0 Å². The largest absolute Gasteiger partial charge is 0.497 e. The van der Waals surface area contributed by atoms with Gasteiger partial charge in [-0.2, -0.15) is 0 Å². The van der Waals surface area contributed by atoms with Crippen molar-refractivity contribution in [3.8, 4) is 5.75 Å². The number of thiazole rings is 1. The summed E-state index contributed by atoms with van der Waals surface area (Å²) in [5.41, 5.74) is 2.39. The van der Waals surface area contributed by atoms with Gasteiger partial charge in [-0.1, -0.05) is 66.3 Å². The summed E-state index contributed by atoms with van der Waals surface area (Å²) in [6, 6.07) is 28.4. The summed E-state index contributed by atoms with van der Waals surface area (Å²) in [6.45, 7) is 1.94. The molecule has 1 unspecified atom stereocenters. The smallest absolute Gasteiger partial charge is 0.272 e. The van der Waals surface area contributed by atoms with Gasteiger partial charge in [0.25, 0.3) is 11.8 Å². The van der Waals surface area contributed by atoms with E-state index in [-0.39, 0.29) is 11.6 Å². The van der Waals surface area contributed by atoms with Gasteiger partial charge in [-0.15, -0.1) is 11.8 Å². The summed E-state index contributed by atoms with van der Waals surface area (Å²) in [5, 5.41) is 9.15. The number of fused-ring (bicyclic) bond motifs is 1. The SMILES string of the molecule is CCC(Sc1cccc(NC(=O)/C(=C/c2cccc(Cl)c2)NC(=O)c2ccccc2)c1)C(=O)Nc1nc2ccc(OC)cc2s1. The number of carbonyl (C=O) groups excluding carboxylic acids is 3. The zero-order valence-electron chi connectivity index (χ0n) is 24.4. The fourth-order valence-electron chi connectivity index (χ4n) is 4.31. The van der Waals surface area contributed by atoms with Crippen LogP contribution in [0.2, 0.25) is 5.02 Å². The van der Waals surface area contributed by atoms with Crippen molar-refractivity contribution in [1.82, 2.24) is 10.3 Å². The highest BCUT2D eigenvalue weighted by atomic mass is 35.5. The van der Waals surface area contributed by atoms with Crippen LogP contribution in [0.25, 0.3) is 16.3 Å². The number of rotatable bonds is 11. The molecule has 1 heterocycles. The summed E-state index contributed by atoms with van der Waals surface area (Å²) in [7, 11) is 1.61. The number of nitrogens with zero attached hydrogens (tertiary/aromatic N) is 1. The van der Waals surface area contributed by atoms with E-state index in [9.17, 15) is 14.4 Å². The lowest BCUT2D eigenvalue weighted by atomic mass is 10.1. The van der Waals surface area contributed by atoms with Crippen LogP contribution in [-0.4, -0.2) is 35.1 Å². The first kappa shape index (κ1) is 31.8. The molecule has 0 spiro atoms. The minimum Gasteiger partial charge on any atom is -0.497 e. The normalized spacial score (nSPS) is 11.9. The van der Waals surface area contributed by atoms with Crippen molar-refractivity contribution in [2.24, 2.45) is 0 Å². The second-order valence-electron chi connectivity index (χ2n) is 9.77. The van der Waals surface area contributed by atoms with Gasteiger partial charge in [0.1, 0.15) is 11.4 Å². The van der Waals surface area contributed by atoms with E-state index < -0.39 is 17.1 Å². The number of ether oxygens (including phenoxy) is 1. The summed E-state index contributed by atoms with van der Waals surface area (Å²) < 4.78 is 6.20. The number of amides is 3. The Hall–Kier alpha value is -4.64. The van der Waals surface area contributed by atoms with Gasteiger partial charge in [0.05, 0.1) is 22.6 Å². The zero-order valence-corrected chi connectivity index (χ0v) is 26.8. The molecule has 0 aliphatic carbocycles. The molecule has 45 heavy (non-hydrogen) atoms. The molecule has 3 N–H and O–H groups in total. The first-order valence-corrected chi connectivity index (χ1v) is 16.1. The van der Waals surface area contributed by atoms with Gasteiger partial charge in [0.2, 0.25) is 5.91 Å². The molecule has 0 aliphatic heterocycles. The van der Waals surface area contributed by atoms with Gasteiger partial charge in [-0.05, 0) is 78.7 Å². The van der Waals surface area contributed by atoms with Crippen molar-refractivity contribution >= 4 is 79.5 Å². The summed E-state index contributed by atoms with van der Waals surface area (Å²) in [5.74, 6) is -0.381. The minimum absolute atomic E-state index is 0.0449. The lowest BCUT2D eigenvalue weighted by Crippen LogP contribution is -2.30. The van der Waals surface area contributed by atoms with Crippen molar-refractivity contribution in [1.29, 1.82) is 0 Å². The molecule has 0 radical (unpaired) electrons. The molecule has 0 fully saturated rings. The van der Waals surface area contributed by atoms with E-state index in [0.717, 1.165) is 20.9 Å². The van der Waals surface area contributed by atoms with Crippen molar-refractivity contribution in [3.63, 3.8) is 0 Å². The first-order chi connectivity index (χ1) is 21.8. The van der Waals surface area contributed by atoms with Crippen LogP contribution >= 0.6 is 34.7 Å². The maximum Gasteiger partial charge on any atom is 0.272 e. The quantitative estimate of drug-likeness (QED) is 0.0986. The highest BCUT2D eigenvalue weighted by Crippen LogP contribution is 2.32. The Balaban J connectivity index is 1.29. The van der Waals surface area contributed by atoms with E-state index in [1.165, 1.54) is 23.1 Å². The van der Waals surface area contributed by atoms with Crippen molar-refractivity contribution in [2.75, 3.05) is 17.7 Å². The lowest BCUT2D eigenvalue weighted by Gasteiger charge is -2.15. The van der Waals surface area contributed by atoms with Crippen molar-refractivity contribution in [2.45, 2.75) is 23.5 Å². The number of aromatic nitrogens is 1. The van der Waals surface area contributed by atoms with E-state index in [4.69, 9.17) is 16.3 Å². The number of anilines is 2. The van der Waals surface area contributed by atoms with E-state index >= 15 is 0 Å². The number of methoxy groups -OCH3 is 1. The molecule has 5 aromatic rings. The standard InChI is InChI=1S/C34H29ClN4O4S2/c1-3-29(33(42)39-34-38-27-16-15-25(43-2)20-30(27)45-34)44-26-14-8-13-24(19-26)36-32(41)28(18-21-9-7-12-23(35)17-21)37-31(40)22-10-5-4-6-11-22/h4-20,29H,3H2,1-2H3,(H,36,41)(H,37,40)(H,38,39,42)/b28-18-. The van der Waals surface area contributed by atoms with Crippen LogP contribution in [0.5, 0.6) is 5.75 Å². The summed E-state index contributed by atoms with van der Waals surface area (Å²) in [4.78, 5) is 44.9. The Morgan fingerprint density at radius 3 is 2.51 bits per heavy atom. The molecule has 11 heteroatoms. The van der Waals surface area contributed by atoms with Crippen molar-refractivity contribution in [3.05, 3.63) is 119 Å². The van der Waals surface area contributed by atoms with Crippen LogP contribution in [0, 0.1) is 0 Å². The Labute approximate surface area is 273 Å². The third-order valence-corrected chi connectivity index (χ3v) is 9.07. The average Bonchev–Trinajstić information content (AvgIpc) is 3.45. The molecule has 3 amide bonds. The number of hydrogen-bond acceptors (Lipinski definition) is 7. The monoisotopic (exact) mass is 656 g/mol. The molecule has 5 rings (SSSR count). The highest BCUT2D eigenvalue weighted by Gasteiger charge is 2.21. The predicted molar refractivity (Wildman–Crippen MR) is 183 cm³/mol. The van der Waals surface area contributed by atoms with Gasteiger partial charge in [0, 0.05) is 21.2 Å². The van der Waals surface area contributed by atoms with Crippen LogP contribution in [0.1, 0.15) is 29.3 Å². The van der Waals surface area contributed by atoms with Gasteiger partial charge in [0.15, 0.2) is 5.13 Å². The third-order valence-electron chi connectivity index (χ3n) is 6.55. The molecule has 8 nitrogen and oxygen atoms in total. The van der Waals surface area contributed by atoms with Crippen LogP contribution in [-0.2, 0) is 9.59 Å². The third kappa shape index (κ3) is 8.51. The molecule has 1 aromatic heterocycles. The fourth-order valence-corrected chi connectivity index (χ4v) is 6.42. The van der Waals surface area contributed by atoms with Crippen molar-refractivity contribution < 1.29 is 19.1 Å². The number of hydrogen-bond donors (Lipinski definition) is 3. The molecule has 1 atom stereocenters. The molecule has 228 valence electrons. The Bertz CT molecular complexity index is 1880. The second kappa shape index (κ2) is 14.9. The maximum atomic E-state index is 13.5. The fraction of sp³-hybridized carbons (Fsp3) is 0.118. The minimum atomic E-state index is -0.515. The predicted octanol–water partition coefficient (Wildman–Crippen LogP) is 7.88. The summed E-state index contributed by atoms with van der Waals surface area (Å²) >= 11 is 8.92. The Morgan fingerprint density at radius 2 is 1.76 bits per heavy atom. The average molecular weight is 657 g/mol. The Morgan fingerprint density at radius 1 is 0.956 bits per heavy atom. The van der Waals surface area contributed by atoms with E-state index in [2.05, 4.69) is 20.9 Å². The Kier molecular flexibility index (Phi) is 10.5. The van der Waals surface area contributed by atoms with Gasteiger partial charge in [-0.3, -0.25) is 14.4 Å². The van der Waals surface area contributed by atoms with Gasteiger partial charge >= 0.3 is 0 Å². The molecule has 0 saturated heterocycles. The number of benzene rings is 4. The van der Waals surface area contributed by atoms with E-state index in [0.29, 0.717) is 33.4 Å².